The Labute approximate surface area is 82.9 Å². The molecule has 0 saturated carbocycles. The van der Waals surface area contributed by atoms with E-state index in [-0.39, 0.29) is 6.04 Å². The smallest absolute Gasteiger partial charge is 0.0908 e. The van der Waals surface area contributed by atoms with Crippen LogP contribution in [0.15, 0.2) is 35.2 Å². The number of hydrogen-bond donors (Lipinski definition) is 2. The van der Waals surface area contributed by atoms with Crippen LogP contribution < -0.4 is 11.3 Å². The Morgan fingerprint density at radius 2 is 2.15 bits per heavy atom. The van der Waals surface area contributed by atoms with Gasteiger partial charge in [0.2, 0.25) is 0 Å². The zero-order valence-electron chi connectivity index (χ0n) is 7.23. The van der Waals surface area contributed by atoms with Crippen LogP contribution in [0.4, 0.5) is 0 Å². The van der Waals surface area contributed by atoms with Gasteiger partial charge in [-0.25, -0.2) is 5.43 Å². The van der Waals surface area contributed by atoms with Gasteiger partial charge in [0, 0.05) is 10.6 Å². The van der Waals surface area contributed by atoms with Crippen molar-refractivity contribution in [3.63, 3.8) is 0 Å². The summed E-state index contributed by atoms with van der Waals surface area (Å²) in [7, 11) is 0. The first-order chi connectivity index (χ1) is 6.36. The van der Waals surface area contributed by atoms with E-state index in [0.717, 1.165) is 5.75 Å². The molecular formula is C10H12N2S. The topological polar surface area (TPSA) is 38.0 Å². The van der Waals surface area contributed by atoms with Gasteiger partial charge in [-0.2, -0.15) is 0 Å². The van der Waals surface area contributed by atoms with E-state index < -0.39 is 0 Å². The first-order valence-corrected chi connectivity index (χ1v) is 4.95. The van der Waals surface area contributed by atoms with Crippen molar-refractivity contribution >= 4 is 11.8 Å². The van der Waals surface area contributed by atoms with Crippen LogP contribution in [0, 0.1) is 12.3 Å². The molecule has 0 aliphatic rings. The van der Waals surface area contributed by atoms with Crippen LogP contribution in [0.2, 0.25) is 0 Å². The summed E-state index contributed by atoms with van der Waals surface area (Å²) in [4.78, 5) is 1.21. The monoisotopic (exact) mass is 192 g/mol. The molecule has 0 aliphatic carbocycles. The van der Waals surface area contributed by atoms with Crippen molar-refractivity contribution in [2.45, 2.75) is 10.9 Å². The summed E-state index contributed by atoms with van der Waals surface area (Å²) in [5.74, 6) is 8.60. The third-order valence-corrected chi connectivity index (χ3v) is 2.67. The Morgan fingerprint density at radius 1 is 1.46 bits per heavy atom. The molecule has 0 heterocycles. The highest BCUT2D eigenvalue weighted by atomic mass is 32.2. The predicted molar refractivity (Wildman–Crippen MR) is 57.1 cm³/mol. The predicted octanol–water partition coefficient (Wildman–Crippen LogP) is 1.24. The molecule has 0 saturated heterocycles. The van der Waals surface area contributed by atoms with Crippen molar-refractivity contribution in [1.82, 2.24) is 5.43 Å². The minimum atomic E-state index is -0.0646. The van der Waals surface area contributed by atoms with Crippen LogP contribution >= 0.6 is 11.8 Å². The molecule has 0 aromatic heterocycles. The first-order valence-electron chi connectivity index (χ1n) is 3.97. The Kier molecular flexibility index (Phi) is 4.41. The normalized spacial score (nSPS) is 12.0. The summed E-state index contributed by atoms with van der Waals surface area (Å²) in [6.07, 6.45) is 5.24. The highest BCUT2D eigenvalue weighted by Gasteiger charge is 2.01. The summed E-state index contributed by atoms with van der Waals surface area (Å²) < 4.78 is 0. The lowest BCUT2D eigenvalue weighted by Gasteiger charge is -2.07. The molecule has 3 heteroatoms. The van der Waals surface area contributed by atoms with Gasteiger partial charge in [-0.05, 0) is 12.1 Å². The van der Waals surface area contributed by atoms with Gasteiger partial charge in [-0.1, -0.05) is 24.1 Å². The second-order valence-electron chi connectivity index (χ2n) is 2.51. The maximum atomic E-state index is 5.24. The van der Waals surface area contributed by atoms with Crippen LogP contribution in [-0.2, 0) is 0 Å². The van der Waals surface area contributed by atoms with Crippen LogP contribution in [0.1, 0.15) is 0 Å². The fourth-order valence-electron chi connectivity index (χ4n) is 0.841. The van der Waals surface area contributed by atoms with Crippen molar-refractivity contribution < 1.29 is 0 Å². The molecule has 0 amide bonds. The number of benzene rings is 1. The Morgan fingerprint density at radius 3 is 2.69 bits per heavy atom. The van der Waals surface area contributed by atoms with Gasteiger partial charge in [-0.15, -0.1) is 18.2 Å². The number of nitrogens with two attached hydrogens (primary N) is 1. The van der Waals surface area contributed by atoms with Gasteiger partial charge in [0.15, 0.2) is 0 Å². The molecule has 1 unspecified atom stereocenters. The average Bonchev–Trinajstić information content (AvgIpc) is 2.21. The Bertz CT molecular complexity index is 279. The van der Waals surface area contributed by atoms with E-state index in [0.29, 0.717) is 0 Å². The molecule has 3 N–H and O–H groups in total. The molecule has 1 rings (SSSR count). The maximum Gasteiger partial charge on any atom is 0.0908 e. The van der Waals surface area contributed by atoms with E-state index in [1.807, 2.05) is 18.2 Å². The van der Waals surface area contributed by atoms with Gasteiger partial charge in [0.05, 0.1) is 6.04 Å². The molecule has 0 aliphatic heterocycles. The largest absolute Gasteiger partial charge is 0.270 e. The van der Waals surface area contributed by atoms with Gasteiger partial charge in [0.25, 0.3) is 0 Å². The molecule has 2 nitrogen and oxygen atoms in total. The molecule has 1 aromatic rings. The first kappa shape index (κ1) is 10.1. The fourth-order valence-corrected chi connectivity index (χ4v) is 1.74. The lowest BCUT2D eigenvalue weighted by Crippen LogP contribution is -2.35. The molecule has 0 fully saturated rings. The second-order valence-corrected chi connectivity index (χ2v) is 3.60. The van der Waals surface area contributed by atoms with Gasteiger partial charge >= 0.3 is 0 Å². The lowest BCUT2D eigenvalue weighted by atomic mass is 10.4. The zero-order chi connectivity index (χ0) is 9.52. The maximum absolute atomic E-state index is 5.24. The zero-order valence-corrected chi connectivity index (χ0v) is 8.05. The van der Waals surface area contributed by atoms with E-state index >= 15 is 0 Å². The van der Waals surface area contributed by atoms with Crippen molar-refractivity contribution in [3.05, 3.63) is 30.3 Å². The van der Waals surface area contributed by atoms with Crippen LogP contribution in [0.5, 0.6) is 0 Å². The quantitative estimate of drug-likeness (QED) is 0.326. The van der Waals surface area contributed by atoms with E-state index in [1.165, 1.54) is 4.90 Å². The van der Waals surface area contributed by atoms with E-state index in [4.69, 9.17) is 12.3 Å². The minimum Gasteiger partial charge on any atom is -0.270 e. The van der Waals surface area contributed by atoms with Crippen molar-refractivity contribution in [2.75, 3.05) is 5.75 Å². The Hall–Kier alpha value is -0.950. The Balaban J connectivity index is 2.40. The van der Waals surface area contributed by atoms with Crippen LogP contribution in [-0.4, -0.2) is 11.8 Å². The van der Waals surface area contributed by atoms with E-state index in [1.54, 1.807) is 11.8 Å². The molecule has 1 atom stereocenters. The summed E-state index contributed by atoms with van der Waals surface area (Å²) in [5.41, 5.74) is 2.57. The third-order valence-electron chi connectivity index (χ3n) is 1.56. The van der Waals surface area contributed by atoms with Gasteiger partial charge in [-0.3, -0.25) is 5.84 Å². The lowest BCUT2D eigenvalue weighted by molar-refractivity contribution is 0.694. The van der Waals surface area contributed by atoms with Crippen molar-refractivity contribution in [1.29, 1.82) is 0 Å². The summed E-state index contributed by atoms with van der Waals surface area (Å²) >= 11 is 1.69. The highest BCUT2D eigenvalue weighted by molar-refractivity contribution is 7.99. The number of thioether (sulfide) groups is 1. The second kappa shape index (κ2) is 5.65. The number of rotatable bonds is 4. The van der Waals surface area contributed by atoms with Crippen molar-refractivity contribution in [2.24, 2.45) is 5.84 Å². The van der Waals surface area contributed by atoms with Crippen LogP contribution in [0.25, 0.3) is 0 Å². The number of nitrogens with one attached hydrogen (secondary N) is 1. The van der Waals surface area contributed by atoms with Crippen molar-refractivity contribution in [3.8, 4) is 12.3 Å². The molecule has 0 bridgehead atoms. The van der Waals surface area contributed by atoms with E-state index in [2.05, 4.69) is 23.5 Å². The minimum absolute atomic E-state index is 0.0646. The third kappa shape index (κ3) is 3.51. The molecule has 0 radical (unpaired) electrons. The molecule has 1 aromatic carbocycles. The van der Waals surface area contributed by atoms with E-state index in [9.17, 15) is 0 Å². The highest BCUT2D eigenvalue weighted by Crippen LogP contribution is 2.17. The fraction of sp³-hybridized carbons (Fsp3) is 0.200. The molecule has 0 spiro atoms. The number of hydrogen-bond acceptors (Lipinski definition) is 3. The molecule has 13 heavy (non-hydrogen) atoms. The number of hydrazine groups is 1. The number of terminal acetylenes is 1. The average molecular weight is 192 g/mol. The summed E-state index contributed by atoms with van der Waals surface area (Å²) in [6.45, 7) is 0. The standard InChI is InChI=1S/C10H12N2S/c1-2-9(12-11)8-13-10-6-4-3-5-7-10/h1,3-7,9,12H,8,11H2. The molecule has 68 valence electrons. The summed E-state index contributed by atoms with van der Waals surface area (Å²) in [6, 6.07) is 10.0. The summed E-state index contributed by atoms with van der Waals surface area (Å²) in [5, 5.41) is 0. The molecular weight excluding hydrogens is 180 g/mol. The van der Waals surface area contributed by atoms with Gasteiger partial charge < -0.3 is 0 Å². The SMILES string of the molecule is C#CC(CSc1ccccc1)NN. The van der Waals surface area contributed by atoms with Gasteiger partial charge in [0.1, 0.15) is 0 Å². The van der Waals surface area contributed by atoms with Crippen LogP contribution in [0.3, 0.4) is 0 Å².